The predicted molar refractivity (Wildman–Crippen MR) is 98.3 cm³/mol. The lowest BCUT2D eigenvalue weighted by atomic mass is 9.93. The largest absolute Gasteiger partial charge is 0.469 e. The number of hydrogen-bond donors (Lipinski definition) is 1. The molecular formula is C18H21N5O2S. The molecule has 0 saturated carbocycles. The number of carbonyl (C=O) groups excluding carboxylic acids is 1. The van der Waals surface area contributed by atoms with Crippen LogP contribution in [-0.2, 0) is 17.6 Å². The van der Waals surface area contributed by atoms with Crippen LogP contribution in [0.5, 0.6) is 0 Å². The van der Waals surface area contributed by atoms with E-state index in [0.29, 0.717) is 10.9 Å². The molecule has 1 amide bonds. The van der Waals surface area contributed by atoms with E-state index < -0.39 is 0 Å². The van der Waals surface area contributed by atoms with Gasteiger partial charge in [0.05, 0.1) is 18.7 Å². The van der Waals surface area contributed by atoms with Crippen molar-refractivity contribution in [1.29, 1.82) is 0 Å². The molecule has 1 atom stereocenters. The first kappa shape index (κ1) is 17.1. The molecule has 0 spiro atoms. The van der Waals surface area contributed by atoms with Crippen LogP contribution in [0, 0.1) is 13.8 Å². The maximum Gasteiger partial charge on any atom is 0.253 e. The maximum atomic E-state index is 12.7. The van der Waals surface area contributed by atoms with Gasteiger partial charge in [0, 0.05) is 28.9 Å². The highest BCUT2D eigenvalue weighted by atomic mass is 32.2. The number of thioether (sulfide) groups is 1. The molecule has 0 bridgehead atoms. The normalized spacial score (nSPS) is 16.7. The molecule has 0 radical (unpaired) electrons. The van der Waals surface area contributed by atoms with Gasteiger partial charge in [-0.1, -0.05) is 11.8 Å². The van der Waals surface area contributed by atoms with E-state index in [9.17, 15) is 4.79 Å². The second kappa shape index (κ2) is 6.75. The van der Waals surface area contributed by atoms with Crippen LogP contribution in [0.2, 0.25) is 0 Å². The van der Waals surface area contributed by atoms with E-state index in [0.717, 1.165) is 47.5 Å². The van der Waals surface area contributed by atoms with Gasteiger partial charge in [0.25, 0.3) is 5.78 Å². The molecule has 136 valence electrons. The minimum atomic E-state index is -0.0124. The summed E-state index contributed by atoms with van der Waals surface area (Å²) in [7, 11) is 0. The van der Waals surface area contributed by atoms with Crippen LogP contribution in [0.1, 0.15) is 47.2 Å². The Labute approximate surface area is 155 Å². The number of nitrogens with one attached hydrogen (secondary N) is 1. The van der Waals surface area contributed by atoms with Crippen molar-refractivity contribution in [2.75, 3.05) is 6.26 Å². The molecule has 0 saturated heterocycles. The molecular weight excluding hydrogens is 350 g/mol. The summed E-state index contributed by atoms with van der Waals surface area (Å²) in [6, 6.07) is 1.99. The molecule has 1 N–H and O–H groups in total. The van der Waals surface area contributed by atoms with Crippen LogP contribution in [0.4, 0.5) is 0 Å². The van der Waals surface area contributed by atoms with Crippen molar-refractivity contribution >= 4 is 23.4 Å². The molecule has 7 nitrogen and oxygen atoms in total. The Balaban J connectivity index is 1.57. The molecule has 3 heterocycles. The molecule has 1 unspecified atom stereocenters. The Morgan fingerprint density at radius 2 is 2.27 bits per heavy atom. The quantitative estimate of drug-likeness (QED) is 0.710. The minimum Gasteiger partial charge on any atom is -0.469 e. The monoisotopic (exact) mass is 371 g/mol. The van der Waals surface area contributed by atoms with E-state index in [-0.39, 0.29) is 18.4 Å². The van der Waals surface area contributed by atoms with Crippen LogP contribution in [-0.4, -0.2) is 31.7 Å². The zero-order valence-corrected chi connectivity index (χ0v) is 15.9. The van der Waals surface area contributed by atoms with E-state index in [1.165, 1.54) is 11.8 Å². The van der Waals surface area contributed by atoms with Crippen LogP contribution >= 0.6 is 11.8 Å². The number of rotatable bonds is 4. The molecule has 1 aliphatic carbocycles. The molecule has 4 rings (SSSR count). The standard InChI is InChI=1S/C18H21N5O2S/c1-10-13(11(2)23-17(19-10)21-18(22-23)26-3)9-16(24)20-14-5-4-6-15-12(14)7-8-25-15/h7-8,14H,4-6,9H2,1-3H3,(H,20,24). The van der Waals surface area contributed by atoms with Crippen LogP contribution < -0.4 is 5.32 Å². The van der Waals surface area contributed by atoms with Gasteiger partial charge in [-0.2, -0.15) is 4.98 Å². The smallest absolute Gasteiger partial charge is 0.253 e. The number of carbonyl (C=O) groups is 1. The lowest BCUT2D eigenvalue weighted by Crippen LogP contribution is -2.32. The summed E-state index contributed by atoms with van der Waals surface area (Å²) in [6.07, 6.45) is 6.81. The fraction of sp³-hybridized carbons (Fsp3) is 0.444. The third-order valence-electron chi connectivity index (χ3n) is 4.94. The first-order valence-electron chi connectivity index (χ1n) is 8.69. The minimum absolute atomic E-state index is 0.0124. The topological polar surface area (TPSA) is 85.3 Å². The molecule has 8 heteroatoms. The van der Waals surface area contributed by atoms with Crippen molar-refractivity contribution in [3.63, 3.8) is 0 Å². The molecule has 0 aromatic carbocycles. The lowest BCUT2D eigenvalue weighted by molar-refractivity contribution is -0.121. The Bertz CT molecular complexity index is 978. The number of fused-ring (bicyclic) bond motifs is 2. The first-order chi connectivity index (χ1) is 12.6. The van der Waals surface area contributed by atoms with Crippen LogP contribution in [0.3, 0.4) is 0 Å². The van der Waals surface area contributed by atoms with Gasteiger partial charge in [0.1, 0.15) is 5.76 Å². The Morgan fingerprint density at radius 1 is 1.42 bits per heavy atom. The molecule has 0 aliphatic heterocycles. The second-order valence-corrected chi connectivity index (χ2v) is 7.33. The molecule has 1 aliphatic rings. The number of aryl methyl sites for hydroxylation is 3. The summed E-state index contributed by atoms with van der Waals surface area (Å²) in [6.45, 7) is 3.87. The summed E-state index contributed by atoms with van der Waals surface area (Å²) < 4.78 is 7.22. The molecule has 26 heavy (non-hydrogen) atoms. The first-order valence-corrected chi connectivity index (χ1v) is 9.91. The highest BCUT2D eigenvalue weighted by Gasteiger charge is 2.25. The van der Waals surface area contributed by atoms with Gasteiger partial charge in [-0.15, -0.1) is 5.10 Å². The van der Waals surface area contributed by atoms with Gasteiger partial charge < -0.3 is 9.73 Å². The van der Waals surface area contributed by atoms with Gasteiger partial charge >= 0.3 is 0 Å². The number of amides is 1. The number of furan rings is 1. The third-order valence-corrected chi connectivity index (χ3v) is 5.47. The Morgan fingerprint density at radius 3 is 3.08 bits per heavy atom. The van der Waals surface area contributed by atoms with Crippen molar-refractivity contribution < 1.29 is 9.21 Å². The zero-order chi connectivity index (χ0) is 18.3. The highest BCUT2D eigenvalue weighted by Crippen LogP contribution is 2.30. The highest BCUT2D eigenvalue weighted by molar-refractivity contribution is 7.98. The fourth-order valence-corrected chi connectivity index (χ4v) is 3.91. The molecule has 3 aromatic rings. The lowest BCUT2D eigenvalue weighted by Gasteiger charge is -2.23. The average molecular weight is 371 g/mol. The van der Waals surface area contributed by atoms with Crippen molar-refractivity contribution in [2.45, 2.75) is 50.7 Å². The summed E-state index contributed by atoms with van der Waals surface area (Å²) in [5.74, 6) is 1.55. The zero-order valence-electron chi connectivity index (χ0n) is 15.1. The Hall–Kier alpha value is -2.35. The number of aromatic nitrogens is 4. The fourth-order valence-electron chi connectivity index (χ4n) is 3.57. The van der Waals surface area contributed by atoms with Crippen molar-refractivity contribution in [3.05, 3.63) is 40.6 Å². The third kappa shape index (κ3) is 2.98. The van der Waals surface area contributed by atoms with E-state index in [1.54, 1.807) is 10.8 Å². The van der Waals surface area contributed by atoms with Crippen molar-refractivity contribution in [2.24, 2.45) is 0 Å². The average Bonchev–Trinajstić information content (AvgIpc) is 3.25. The predicted octanol–water partition coefficient (Wildman–Crippen LogP) is 2.79. The van der Waals surface area contributed by atoms with E-state index >= 15 is 0 Å². The van der Waals surface area contributed by atoms with Crippen LogP contribution in [0.25, 0.3) is 5.78 Å². The summed E-state index contributed by atoms with van der Waals surface area (Å²) >= 11 is 1.48. The maximum absolute atomic E-state index is 12.7. The van der Waals surface area contributed by atoms with E-state index in [1.807, 2.05) is 26.2 Å². The number of hydrogen-bond acceptors (Lipinski definition) is 6. The summed E-state index contributed by atoms with van der Waals surface area (Å²) in [5.41, 5.74) is 3.73. The van der Waals surface area contributed by atoms with Gasteiger partial charge in [0.2, 0.25) is 11.1 Å². The number of nitrogens with zero attached hydrogens (tertiary/aromatic N) is 4. The second-order valence-electron chi connectivity index (χ2n) is 6.56. The molecule has 0 fully saturated rings. The van der Waals surface area contributed by atoms with Gasteiger partial charge in [0.15, 0.2) is 0 Å². The van der Waals surface area contributed by atoms with Gasteiger partial charge in [-0.05, 0) is 39.0 Å². The van der Waals surface area contributed by atoms with E-state index in [4.69, 9.17) is 4.42 Å². The van der Waals surface area contributed by atoms with Gasteiger partial charge in [-0.3, -0.25) is 4.79 Å². The summed E-state index contributed by atoms with van der Waals surface area (Å²) in [5, 5.41) is 8.27. The van der Waals surface area contributed by atoms with Crippen molar-refractivity contribution in [1.82, 2.24) is 24.9 Å². The van der Waals surface area contributed by atoms with E-state index in [2.05, 4.69) is 20.4 Å². The van der Waals surface area contributed by atoms with Crippen molar-refractivity contribution in [3.8, 4) is 0 Å². The Kier molecular flexibility index (Phi) is 4.44. The van der Waals surface area contributed by atoms with Gasteiger partial charge in [-0.25, -0.2) is 9.50 Å². The van der Waals surface area contributed by atoms with Crippen LogP contribution in [0.15, 0.2) is 21.9 Å². The summed E-state index contributed by atoms with van der Waals surface area (Å²) in [4.78, 5) is 21.6. The molecule has 3 aromatic heterocycles. The SMILES string of the molecule is CSc1nc2nc(C)c(CC(=O)NC3CCCc4occc43)c(C)n2n1.